The average Bonchev–Trinajstić information content (AvgIpc) is 2.89. The lowest BCUT2D eigenvalue weighted by molar-refractivity contribution is 0.0980. The van der Waals surface area contributed by atoms with Crippen LogP contribution in [0.5, 0.6) is 5.75 Å². The molecule has 4 aromatic rings. The van der Waals surface area contributed by atoms with Gasteiger partial charge in [-0.25, -0.2) is 0 Å². The number of hydrogen-bond acceptors (Lipinski definition) is 2. The van der Waals surface area contributed by atoms with Gasteiger partial charge < -0.3 is 9.47 Å². The molecule has 4 aromatic carbocycles. The Morgan fingerprint density at radius 1 is 0.636 bits per heavy atom. The summed E-state index contributed by atoms with van der Waals surface area (Å²) in [5, 5.41) is 4.26. The fraction of sp³-hybridized carbons (Fsp3) is 0.200. The first-order valence-electron chi connectivity index (χ1n) is 11.5. The Bertz CT molecular complexity index is 1000. The van der Waals surface area contributed by atoms with Crippen LogP contribution in [0, 0.1) is 5.92 Å². The second-order valence-electron chi connectivity index (χ2n) is 8.47. The highest BCUT2D eigenvalue weighted by Gasteiger charge is 2.46. The molecule has 0 aliphatic rings. The zero-order valence-electron chi connectivity index (χ0n) is 19.4. The van der Waals surface area contributed by atoms with Gasteiger partial charge in [0.1, 0.15) is 28.9 Å². The predicted octanol–water partition coefficient (Wildman–Crippen LogP) is 5.84. The summed E-state index contributed by atoms with van der Waals surface area (Å²) in [6.07, 6.45) is 1.06. The monoisotopic (exact) mass is 455 g/mol. The Balaban J connectivity index is 1.60. The first kappa shape index (κ1) is 23.2. The van der Waals surface area contributed by atoms with Crippen molar-refractivity contribution >= 4 is 23.2 Å². The lowest BCUT2D eigenvalue weighted by Gasteiger charge is -2.30. The van der Waals surface area contributed by atoms with Crippen LogP contribution in [-0.4, -0.2) is 19.9 Å². The lowest BCUT2D eigenvalue weighted by atomic mass is 10.2. The molecule has 0 aliphatic carbocycles. The molecule has 3 heteroatoms. The van der Waals surface area contributed by atoms with E-state index in [9.17, 15) is 0 Å². The molecular formula is C30H32O2P+. The van der Waals surface area contributed by atoms with Crippen molar-refractivity contribution in [2.24, 2.45) is 5.92 Å². The van der Waals surface area contributed by atoms with E-state index < -0.39 is 7.26 Å². The standard InChI is InChI=1S/C30H32O2P/c1-25(22-32-23-26-18-20-27(31-2)21-19-26)24-33(28-12-6-3-7-13-28,29-14-8-4-9-15-29)30-16-10-5-11-17-30/h3-21,25H,22-24H2,1-2H3/q+1/t25-/m1/s1. The summed E-state index contributed by atoms with van der Waals surface area (Å²) < 4.78 is 11.4. The van der Waals surface area contributed by atoms with Gasteiger partial charge in [0.05, 0.1) is 26.5 Å². The number of rotatable bonds is 10. The molecule has 0 saturated carbocycles. The fourth-order valence-electron chi connectivity index (χ4n) is 4.43. The summed E-state index contributed by atoms with van der Waals surface area (Å²) in [4.78, 5) is 0. The van der Waals surface area contributed by atoms with Crippen LogP contribution in [0.4, 0.5) is 0 Å². The van der Waals surface area contributed by atoms with E-state index in [0.29, 0.717) is 12.5 Å². The summed E-state index contributed by atoms with van der Waals surface area (Å²) in [5.74, 6) is 1.27. The Kier molecular flexibility index (Phi) is 7.94. The van der Waals surface area contributed by atoms with Crippen LogP contribution in [0.1, 0.15) is 12.5 Å². The molecule has 4 rings (SSSR count). The van der Waals surface area contributed by atoms with Gasteiger partial charge in [0, 0.05) is 5.92 Å². The van der Waals surface area contributed by atoms with E-state index in [4.69, 9.17) is 9.47 Å². The van der Waals surface area contributed by atoms with E-state index in [-0.39, 0.29) is 0 Å². The SMILES string of the molecule is COc1ccc(COC[C@@H](C)C[P+](c2ccccc2)(c2ccccc2)c2ccccc2)cc1. The normalized spacial score (nSPS) is 12.3. The summed E-state index contributed by atoms with van der Waals surface area (Å²) in [6.45, 7) is 3.65. The highest BCUT2D eigenvalue weighted by molar-refractivity contribution is 7.95. The third-order valence-electron chi connectivity index (χ3n) is 6.01. The minimum absolute atomic E-state index is 0.400. The first-order chi connectivity index (χ1) is 16.2. The van der Waals surface area contributed by atoms with Gasteiger partial charge in [0.15, 0.2) is 0 Å². The van der Waals surface area contributed by atoms with Gasteiger partial charge in [0.2, 0.25) is 0 Å². The second kappa shape index (κ2) is 11.3. The van der Waals surface area contributed by atoms with Crippen LogP contribution >= 0.6 is 7.26 Å². The molecule has 0 heterocycles. The topological polar surface area (TPSA) is 18.5 Å². The summed E-state index contributed by atoms with van der Waals surface area (Å²) >= 11 is 0. The highest BCUT2D eigenvalue weighted by atomic mass is 31.2. The van der Waals surface area contributed by atoms with Crippen LogP contribution in [0.3, 0.4) is 0 Å². The minimum Gasteiger partial charge on any atom is -0.497 e. The van der Waals surface area contributed by atoms with Gasteiger partial charge in [-0.1, -0.05) is 73.7 Å². The van der Waals surface area contributed by atoms with Crippen LogP contribution < -0.4 is 20.7 Å². The maximum atomic E-state index is 6.19. The Morgan fingerprint density at radius 3 is 1.52 bits per heavy atom. The van der Waals surface area contributed by atoms with Gasteiger partial charge in [-0.2, -0.15) is 0 Å². The Morgan fingerprint density at radius 2 is 1.09 bits per heavy atom. The molecule has 0 radical (unpaired) electrons. The maximum Gasteiger partial charge on any atom is 0.118 e. The largest absolute Gasteiger partial charge is 0.497 e. The van der Waals surface area contributed by atoms with Crippen molar-refractivity contribution in [1.82, 2.24) is 0 Å². The van der Waals surface area contributed by atoms with Crippen molar-refractivity contribution < 1.29 is 9.47 Å². The van der Waals surface area contributed by atoms with Crippen molar-refractivity contribution in [3.8, 4) is 5.75 Å². The number of methoxy groups -OCH3 is 1. The second-order valence-corrected chi connectivity index (χ2v) is 12.0. The Hall–Kier alpha value is -2.93. The van der Waals surface area contributed by atoms with Crippen molar-refractivity contribution in [2.75, 3.05) is 19.9 Å². The van der Waals surface area contributed by atoms with Crippen molar-refractivity contribution in [2.45, 2.75) is 13.5 Å². The van der Waals surface area contributed by atoms with E-state index >= 15 is 0 Å². The number of hydrogen-bond donors (Lipinski definition) is 0. The van der Waals surface area contributed by atoms with Gasteiger partial charge in [-0.15, -0.1) is 0 Å². The molecule has 33 heavy (non-hydrogen) atoms. The van der Waals surface area contributed by atoms with Gasteiger partial charge in [-0.3, -0.25) is 0 Å². The predicted molar refractivity (Wildman–Crippen MR) is 142 cm³/mol. The van der Waals surface area contributed by atoms with Gasteiger partial charge in [-0.05, 0) is 54.1 Å². The van der Waals surface area contributed by atoms with E-state index in [0.717, 1.165) is 18.5 Å². The quantitative estimate of drug-likeness (QED) is 0.280. The smallest absolute Gasteiger partial charge is 0.118 e. The maximum absolute atomic E-state index is 6.19. The molecule has 0 amide bonds. The van der Waals surface area contributed by atoms with Gasteiger partial charge in [0.25, 0.3) is 0 Å². The first-order valence-corrected chi connectivity index (χ1v) is 13.5. The number of ether oxygens (including phenoxy) is 2. The van der Waals surface area contributed by atoms with E-state index in [1.807, 2.05) is 12.1 Å². The highest BCUT2D eigenvalue weighted by Crippen LogP contribution is 2.56. The zero-order valence-corrected chi connectivity index (χ0v) is 20.3. The van der Waals surface area contributed by atoms with Crippen molar-refractivity contribution in [3.05, 3.63) is 121 Å². The van der Waals surface area contributed by atoms with Crippen molar-refractivity contribution in [1.29, 1.82) is 0 Å². The summed E-state index contributed by atoms with van der Waals surface area (Å²) in [5.41, 5.74) is 1.17. The summed E-state index contributed by atoms with van der Waals surface area (Å²) in [6, 6.07) is 41.3. The minimum atomic E-state index is -1.83. The number of benzene rings is 4. The van der Waals surface area contributed by atoms with Crippen LogP contribution in [0.25, 0.3) is 0 Å². The molecule has 0 fully saturated rings. The zero-order chi connectivity index (χ0) is 22.9. The average molecular weight is 456 g/mol. The molecule has 0 aliphatic heterocycles. The molecule has 0 aromatic heterocycles. The molecule has 2 nitrogen and oxygen atoms in total. The lowest BCUT2D eigenvalue weighted by Crippen LogP contribution is -2.35. The molecule has 0 N–H and O–H groups in total. The molecule has 0 unspecified atom stereocenters. The third-order valence-corrected chi connectivity index (χ3v) is 10.7. The van der Waals surface area contributed by atoms with E-state index in [1.54, 1.807) is 7.11 Å². The van der Waals surface area contributed by atoms with E-state index in [1.165, 1.54) is 21.5 Å². The summed E-state index contributed by atoms with van der Waals surface area (Å²) in [7, 11) is -0.140. The molecule has 0 spiro atoms. The molecule has 0 saturated heterocycles. The van der Waals surface area contributed by atoms with Crippen molar-refractivity contribution in [3.63, 3.8) is 0 Å². The fourth-order valence-corrected chi connectivity index (χ4v) is 9.04. The van der Waals surface area contributed by atoms with Crippen LogP contribution in [-0.2, 0) is 11.3 Å². The third kappa shape index (κ3) is 5.53. The van der Waals surface area contributed by atoms with Crippen LogP contribution in [0.2, 0.25) is 0 Å². The van der Waals surface area contributed by atoms with Crippen LogP contribution in [0.15, 0.2) is 115 Å². The molecular weight excluding hydrogens is 423 g/mol. The van der Waals surface area contributed by atoms with E-state index in [2.05, 4.69) is 110 Å². The molecule has 168 valence electrons. The Labute approximate surface area is 198 Å². The molecule has 0 bridgehead atoms. The molecule has 1 atom stereocenters. The van der Waals surface area contributed by atoms with Gasteiger partial charge >= 0.3 is 0 Å².